The Hall–Kier alpha value is -2.04. The van der Waals surface area contributed by atoms with Crippen LogP contribution in [0.1, 0.15) is 13.3 Å². The van der Waals surface area contributed by atoms with Crippen LogP contribution in [0.15, 0.2) is 35.4 Å². The van der Waals surface area contributed by atoms with Gasteiger partial charge in [0.2, 0.25) is 0 Å². The highest BCUT2D eigenvalue weighted by molar-refractivity contribution is 5.78. The van der Waals surface area contributed by atoms with E-state index in [1.165, 1.54) is 0 Å². The maximum atomic E-state index is 12.1. The van der Waals surface area contributed by atoms with E-state index < -0.39 is 0 Å². The van der Waals surface area contributed by atoms with Crippen molar-refractivity contribution in [3.8, 4) is 5.75 Å². The van der Waals surface area contributed by atoms with Crippen molar-refractivity contribution < 1.29 is 9.53 Å². The van der Waals surface area contributed by atoms with Crippen LogP contribution in [0.4, 0.5) is 4.79 Å². The van der Waals surface area contributed by atoms with E-state index in [1.807, 2.05) is 37.3 Å². The van der Waals surface area contributed by atoms with Gasteiger partial charge < -0.3 is 9.64 Å². The van der Waals surface area contributed by atoms with E-state index in [-0.39, 0.29) is 18.2 Å². The summed E-state index contributed by atoms with van der Waals surface area (Å²) in [6.45, 7) is 3.27. The van der Waals surface area contributed by atoms with Gasteiger partial charge in [-0.1, -0.05) is 18.2 Å². The van der Waals surface area contributed by atoms with Gasteiger partial charge in [0.1, 0.15) is 11.9 Å². The van der Waals surface area contributed by atoms with Crippen molar-refractivity contribution in [1.82, 2.24) is 9.91 Å². The molecule has 1 saturated heterocycles. The van der Waals surface area contributed by atoms with Crippen molar-refractivity contribution >= 4 is 12.2 Å². The molecule has 1 atom stereocenters. The molecule has 0 aromatic heterocycles. The van der Waals surface area contributed by atoms with Crippen LogP contribution in [-0.2, 0) is 0 Å². The summed E-state index contributed by atoms with van der Waals surface area (Å²) < 4.78 is 5.77. The van der Waals surface area contributed by atoms with Gasteiger partial charge in [0, 0.05) is 12.6 Å². The summed E-state index contributed by atoms with van der Waals surface area (Å²) >= 11 is 0. The van der Waals surface area contributed by atoms with E-state index in [1.54, 1.807) is 16.1 Å². The standard InChI is InChI=1S/C14H17N3O2/c1-11-7-8-15-17(11)14(18)16-9-13(10-16)19-12-5-3-2-4-6-12/h2-6,8,11,13H,7,9-10H2,1H3. The summed E-state index contributed by atoms with van der Waals surface area (Å²) in [6.07, 6.45) is 2.72. The number of amides is 2. The van der Waals surface area contributed by atoms with Crippen LogP contribution < -0.4 is 4.74 Å². The van der Waals surface area contributed by atoms with Gasteiger partial charge in [0.05, 0.1) is 19.1 Å². The topological polar surface area (TPSA) is 45.1 Å². The molecule has 1 aromatic carbocycles. The van der Waals surface area contributed by atoms with Gasteiger partial charge in [-0.05, 0) is 19.1 Å². The molecule has 1 aromatic rings. The van der Waals surface area contributed by atoms with Crippen LogP contribution in [-0.4, -0.2) is 47.4 Å². The number of benzene rings is 1. The first-order valence-corrected chi connectivity index (χ1v) is 6.56. The highest BCUT2D eigenvalue weighted by Gasteiger charge is 2.37. The Balaban J connectivity index is 1.50. The summed E-state index contributed by atoms with van der Waals surface area (Å²) in [4.78, 5) is 13.9. The second kappa shape index (κ2) is 4.91. The summed E-state index contributed by atoms with van der Waals surface area (Å²) in [6, 6.07) is 9.84. The Morgan fingerprint density at radius 2 is 2.05 bits per heavy atom. The third-order valence-corrected chi connectivity index (χ3v) is 3.43. The van der Waals surface area contributed by atoms with Gasteiger partial charge >= 0.3 is 6.03 Å². The SMILES string of the molecule is CC1CC=NN1C(=O)N1CC(Oc2ccccc2)C1. The first kappa shape index (κ1) is 12.0. The fourth-order valence-corrected chi connectivity index (χ4v) is 2.24. The lowest BCUT2D eigenvalue weighted by Gasteiger charge is -2.40. The zero-order valence-electron chi connectivity index (χ0n) is 10.9. The number of hydrogen-bond donors (Lipinski definition) is 0. The van der Waals surface area contributed by atoms with E-state index in [0.29, 0.717) is 13.1 Å². The minimum absolute atomic E-state index is 0.0193. The lowest BCUT2D eigenvalue weighted by atomic mass is 10.1. The van der Waals surface area contributed by atoms with Crippen molar-refractivity contribution in [3.63, 3.8) is 0 Å². The Morgan fingerprint density at radius 3 is 2.68 bits per heavy atom. The maximum absolute atomic E-state index is 12.1. The molecule has 0 aliphatic carbocycles. The van der Waals surface area contributed by atoms with E-state index >= 15 is 0 Å². The molecule has 1 unspecified atom stereocenters. The van der Waals surface area contributed by atoms with Crippen molar-refractivity contribution in [1.29, 1.82) is 0 Å². The summed E-state index contributed by atoms with van der Waals surface area (Å²) in [5.41, 5.74) is 0. The van der Waals surface area contributed by atoms with Crippen LogP contribution in [0.2, 0.25) is 0 Å². The lowest BCUT2D eigenvalue weighted by Crippen LogP contribution is -2.59. The zero-order chi connectivity index (χ0) is 13.2. The molecule has 0 radical (unpaired) electrons. The maximum Gasteiger partial charge on any atom is 0.340 e. The van der Waals surface area contributed by atoms with Gasteiger partial charge in [-0.3, -0.25) is 0 Å². The predicted molar refractivity (Wildman–Crippen MR) is 72.2 cm³/mol. The van der Waals surface area contributed by atoms with Crippen molar-refractivity contribution in [2.24, 2.45) is 5.10 Å². The summed E-state index contributed by atoms with van der Waals surface area (Å²) in [5, 5.41) is 5.66. The molecular weight excluding hydrogens is 242 g/mol. The number of urea groups is 1. The zero-order valence-corrected chi connectivity index (χ0v) is 10.9. The fraction of sp³-hybridized carbons (Fsp3) is 0.429. The molecule has 3 rings (SSSR count). The third-order valence-electron chi connectivity index (χ3n) is 3.43. The molecule has 5 nitrogen and oxygen atoms in total. The first-order chi connectivity index (χ1) is 9.24. The molecule has 2 amide bonds. The molecule has 2 aliphatic rings. The van der Waals surface area contributed by atoms with Crippen molar-refractivity contribution in [2.45, 2.75) is 25.5 Å². The van der Waals surface area contributed by atoms with Gasteiger partial charge in [0.15, 0.2) is 0 Å². The predicted octanol–water partition coefficient (Wildman–Crippen LogP) is 1.95. The summed E-state index contributed by atoms with van der Waals surface area (Å²) in [5.74, 6) is 0.854. The number of carbonyl (C=O) groups excluding carboxylic acids is 1. The number of nitrogens with zero attached hydrogens (tertiary/aromatic N) is 3. The largest absolute Gasteiger partial charge is 0.487 e. The number of rotatable bonds is 2. The molecule has 2 heterocycles. The average Bonchev–Trinajstić information content (AvgIpc) is 2.80. The number of carbonyl (C=O) groups is 1. The molecule has 0 saturated carbocycles. The molecule has 2 aliphatic heterocycles. The second-order valence-electron chi connectivity index (χ2n) is 4.97. The molecular formula is C14H17N3O2. The molecule has 5 heteroatoms. The lowest BCUT2D eigenvalue weighted by molar-refractivity contribution is 0.0286. The van der Waals surface area contributed by atoms with E-state index in [9.17, 15) is 4.79 Å². The average molecular weight is 259 g/mol. The van der Waals surface area contributed by atoms with Crippen LogP contribution >= 0.6 is 0 Å². The van der Waals surface area contributed by atoms with Crippen LogP contribution in [0.25, 0.3) is 0 Å². The van der Waals surface area contributed by atoms with Gasteiger partial charge in [0.25, 0.3) is 0 Å². The Kier molecular flexibility index (Phi) is 3.11. The normalized spacial score (nSPS) is 22.5. The van der Waals surface area contributed by atoms with Crippen LogP contribution in [0.3, 0.4) is 0 Å². The van der Waals surface area contributed by atoms with Crippen molar-refractivity contribution in [3.05, 3.63) is 30.3 Å². The van der Waals surface area contributed by atoms with E-state index in [0.717, 1.165) is 12.2 Å². The highest BCUT2D eigenvalue weighted by atomic mass is 16.5. The summed E-state index contributed by atoms with van der Waals surface area (Å²) in [7, 11) is 0. The Bertz CT molecular complexity index is 483. The molecule has 100 valence electrons. The molecule has 19 heavy (non-hydrogen) atoms. The van der Waals surface area contributed by atoms with Gasteiger partial charge in [-0.2, -0.15) is 5.10 Å². The molecule has 0 spiro atoms. The molecule has 0 bridgehead atoms. The molecule has 0 N–H and O–H groups in total. The second-order valence-corrected chi connectivity index (χ2v) is 4.97. The fourth-order valence-electron chi connectivity index (χ4n) is 2.24. The quantitative estimate of drug-likeness (QED) is 0.815. The first-order valence-electron chi connectivity index (χ1n) is 6.56. The Morgan fingerprint density at radius 1 is 1.32 bits per heavy atom. The third kappa shape index (κ3) is 2.41. The monoisotopic (exact) mass is 259 g/mol. The Labute approximate surface area is 112 Å². The van der Waals surface area contributed by atoms with Crippen LogP contribution in [0.5, 0.6) is 5.75 Å². The highest BCUT2D eigenvalue weighted by Crippen LogP contribution is 2.21. The van der Waals surface area contributed by atoms with E-state index in [4.69, 9.17) is 4.74 Å². The number of hydrogen-bond acceptors (Lipinski definition) is 3. The van der Waals surface area contributed by atoms with Gasteiger partial charge in [-0.25, -0.2) is 9.80 Å². The minimum Gasteiger partial charge on any atom is -0.487 e. The van der Waals surface area contributed by atoms with Crippen LogP contribution in [0, 0.1) is 0 Å². The van der Waals surface area contributed by atoms with E-state index in [2.05, 4.69) is 5.10 Å². The number of ether oxygens (including phenoxy) is 1. The number of para-hydroxylation sites is 1. The number of hydrazone groups is 1. The number of likely N-dealkylation sites (tertiary alicyclic amines) is 1. The van der Waals surface area contributed by atoms with Gasteiger partial charge in [-0.15, -0.1) is 0 Å². The minimum atomic E-state index is -0.0193. The molecule has 1 fully saturated rings. The van der Waals surface area contributed by atoms with Crippen molar-refractivity contribution in [2.75, 3.05) is 13.1 Å². The smallest absolute Gasteiger partial charge is 0.340 e.